The molecule has 1 atom stereocenters. The Hall–Kier alpha value is -2.87. The molecule has 0 saturated carbocycles. The van der Waals surface area contributed by atoms with Crippen LogP contribution in [0.3, 0.4) is 0 Å². The van der Waals surface area contributed by atoms with Crippen LogP contribution < -0.4 is 9.62 Å². The molecule has 192 valence electrons. The molecule has 35 heavy (non-hydrogen) atoms. The molecule has 2 aromatic rings. The Balaban J connectivity index is 2.38. The molecule has 8 heteroatoms. The average Bonchev–Trinajstić information content (AvgIpc) is 2.83. The number of nitrogens with one attached hydrogen (secondary N) is 1. The van der Waals surface area contributed by atoms with Gasteiger partial charge in [0, 0.05) is 13.1 Å². The van der Waals surface area contributed by atoms with Gasteiger partial charge in [-0.3, -0.25) is 13.9 Å². The molecule has 2 aromatic carbocycles. The summed E-state index contributed by atoms with van der Waals surface area (Å²) in [5.41, 5.74) is 3.47. The second-order valence-electron chi connectivity index (χ2n) is 8.87. The van der Waals surface area contributed by atoms with E-state index in [-0.39, 0.29) is 19.0 Å². The quantitative estimate of drug-likeness (QED) is 0.420. The lowest BCUT2D eigenvalue weighted by Crippen LogP contribution is -2.52. The number of hydrogen-bond acceptors (Lipinski definition) is 4. The maximum Gasteiger partial charge on any atom is 0.244 e. The molecule has 7 nitrogen and oxygen atoms in total. The van der Waals surface area contributed by atoms with E-state index in [1.165, 1.54) is 4.90 Å². The lowest BCUT2D eigenvalue weighted by molar-refractivity contribution is -0.140. The van der Waals surface area contributed by atoms with Gasteiger partial charge in [-0.15, -0.1) is 0 Å². The molecule has 0 radical (unpaired) electrons. The minimum absolute atomic E-state index is 0.213. The minimum Gasteiger partial charge on any atom is -0.354 e. The van der Waals surface area contributed by atoms with Gasteiger partial charge < -0.3 is 10.2 Å². The van der Waals surface area contributed by atoms with Crippen molar-refractivity contribution in [2.45, 2.75) is 66.0 Å². The summed E-state index contributed by atoms with van der Waals surface area (Å²) in [4.78, 5) is 28.2. The van der Waals surface area contributed by atoms with Crippen LogP contribution in [-0.4, -0.2) is 50.5 Å². The Labute approximate surface area is 210 Å². The molecule has 0 aliphatic heterocycles. The van der Waals surface area contributed by atoms with Crippen LogP contribution in [0.2, 0.25) is 0 Å². The number of carbonyl (C=O) groups is 2. The number of rotatable bonds is 13. The fourth-order valence-corrected chi connectivity index (χ4v) is 4.68. The van der Waals surface area contributed by atoms with Crippen LogP contribution in [0.5, 0.6) is 0 Å². The normalized spacial score (nSPS) is 12.1. The fourth-order valence-electron chi connectivity index (χ4n) is 3.83. The van der Waals surface area contributed by atoms with Crippen molar-refractivity contribution in [3.63, 3.8) is 0 Å². The first-order valence-corrected chi connectivity index (χ1v) is 14.1. The van der Waals surface area contributed by atoms with Gasteiger partial charge >= 0.3 is 0 Å². The van der Waals surface area contributed by atoms with Gasteiger partial charge in [-0.2, -0.15) is 0 Å². The van der Waals surface area contributed by atoms with Crippen LogP contribution in [0.1, 0.15) is 56.7 Å². The molecule has 2 amide bonds. The number of benzene rings is 2. The second-order valence-corrected chi connectivity index (χ2v) is 10.8. The van der Waals surface area contributed by atoms with Crippen molar-refractivity contribution in [3.05, 3.63) is 65.2 Å². The van der Waals surface area contributed by atoms with E-state index in [1.54, 1.807) is 12.1 Å². The Kier molecular flexibility index (Phi) is 10.8. The molecular formula is C27H39N3O4S. The summed E-state index contributed by atoms with van der Waals surface area (Å²) in [5, 5.41) is 2.93. The zero-order valence-electron chi connectivity index (χ0n) is 21.6. The lowest BCUT2D eigenvalue weighted by atomic mass is 10.1. The summed E-state index contributed by atoms with van der Waals surface area (Å²) < 4.78 is 26.4. The van der Waals surface area contributed by atoms with E-state index in [9.17, 15) is 18.0 Å². The number of nitrogens with zero attached hydrogens (tertiary/aromatic N) is 2. The van der Waals surface area contributed by atoms with Crippen LogP contribution in [0.25, 0.3) is 0 Å². The molecule has 1 N–H and O–H groups in total. The standard InChI is InChI=1S/C27H39N3O4S/c1-6-9-18-28-27(32)25(8-3)29(19-23-12-10-21(4)11-13-23)26(31)20-30(35(5,33)34)24-16-14-22(7-2)15-17-24/h10-17,25H,6-9,18-20H2,1-5H3,(H,28,32)/t25-/m1/s1. The first-order chi connectivity index (χ1) is 16.6. The Morgan fingerprint density at radius 1 is 0.943 bits per heavy atom. The van der Waals surface area contributed by atoms with E-state index < -0.39 is 22.0 Å². The van der Waals surface area contributed by atoms with Gasteiger partial charge in [0.25, 0.3) is 0 Å². The molecule has 0 aliphatic carbocycles. The molecule has 0 aromatic heterocycles. The molecule has 2 rings (SSSR count). The maximum atomic E-state index is 13.6. The third-order valence-corrected chi connectivity index (χ3v) is 7.14. The monoisotopic (exact) mass is 501 g/mol. The predicted molar refractivity (Wildman–Crippen MR) is 142 cm³/mol. The molecule has 0 heterocycles. The Bertz CT molecular complexity index is 1070. The number of carbonyl (C=O) groups excluding carboxylic acids is 2. The zero-order valence-corrected chi connectivity index (χ0v) is 22.4. The highest BCUT2D eigenvalue weighted by molar-refractivity contribution is 7.92. The third kappa shape index (κ3) is 8.38. The highest BCUT2D eigenvalue weighted by atomic mass is 32.2. The van der Waals surface area contributed by atoms with E-state index in [2.05, 4.69) is 5.32 Å². The maximum absolute atomic E-state index is 13.6. The smallest absolute Gasteiger partial charge is 0.244 e. The van der Waals surface area contributed by atoms with Crippen molar-refractivity contribution in [3.8, 4) is 0 Å². The Morgan fingerprint density at radius 3 is 2.06 bits per heavy atom. The topological polar surface area (TPSA) is 86.8 Å². The van der Waals surface area contributed by atoms with Gasteiger partial charge in [0.2, 0.25) is 21.8 Å². The van der Waals surface area contributed by atoms with E-state index >= 15 is 0 Å². The highest BCUT2D eigenvalue weighted by Gasteiger charge is 2.31. The summed E-state index contributed by atoms with van der Waals surface area (Å²) >= 11 is 0. The van der Waals surface area contributed by atoms with E-state index in [1.807, 2.05) is 64.1 Å². The Morgan fingerprint density at radius 2 is 1.54 bits per heavy atom. The number of sulfonamides is 1. The number of unbranched alkanes of at least 4 members (excludes halogenated alkanes) is 1. The predicted octanol–water partition coefficient (Wildman–Crippen LogP) is 4.05. The summed E-state index contributed by atoms with van der Waals surface area (Å²) in [7, 11) is -3.73. The van der Waals surface area contributed by atoms with Crippen molar-refractivity contribution >= 4 is 27.5 Å². The van der Waals surface area contributed by atoms with E-state index in [0.717, 1.165) is 46.5 Å². The molecule has 0 spiro atoms. The van der Waals surface area contributed by atoms with Crippen molar-refractivity contribution in [1.82, 2.24) is 10.2 Å². The molecule has 0 bridgehead atoms. The summed E-state index contributed by atoms with van der Waals surface area (Å²) in [6.07, 6.45) is 4.13. The summed E-state index contributed by atoms with van der Waals surface area (Å²) in [6.45, 7) is 8.28. The molecule has 0 unspecified atom stereocenters. The first-order valence-electron chi connectivity index (χ1n) is 12.3. The van der Waals surface area contributed by atoms with E-state index in [0.29, 0.717) is 18.7 Å². The average molecular weight is 502 g/mol. The van der Waals surface area contributed by atoms with Gasteiger partial charge in [-0.25, -0.2) is 8.42 Å². The van der Waals surface area contributed by atoms with Crippen LogP contribution in [0, 0.1) is 6.92 Å². The minimum atomic E-state index is -3.73. The zero-order chi connectivity index (χ0) is 26.0. The van der Waals surface area contributed by atoms with Crippen molar-refractivity contribution < 1.29 is 18.0 Å². The van der Waals surface area contributed by atoms with E-state index in [4.69, 9.17) is 0 Å². The van der Waals surface area contributed by atoms with Gasteiger partial charge in [-0.1, -0.05) is 69.2 Å². The summed E-state index contributed by atoms with van der Waals surface area (Å²) in [5.74, 6) is -0.646. The van der Waals surface area contributed by atoms with Gasteiger partial charge in [0.1, 0.15) is 12.6 Å². The van der Waals surface area contributed by atoms with Crippen LogP contribution >= 0.6 is 0 Å². The fraction of sp³-hybridized carbons (Fsp3) is 0.481. The van der Waals surface area contributed by atoms with Crippen LogP contribution in [-0.2, 0) is 32.6 Å². The molecule has 0 aliphatic rings. The molecular weight excluding hydrogens is 462 g/mol. The molecule has 0 saturated heterocycles. The van der Waals surface area contributed by atoms with Gasteiger partial charge in [-0.05, 0) is 49.4 Å². The van der Waals surface area contributed by atoms with Crippen molar-refractivity contribution in [1.29, 1.82) is 0 Å². The number of anilines is 1. The third-order valence-electron chi connectivity index (χ3n) is 6.00. The highest BCUT2D eigenvalue weighted by Crippen LogP contribution is 2.21. The second kappa shape index (κ2) is 13.3. The SMILES string of the molecule is CCCCNC(=O)[C@@H](CC)N(Cc1ccc(C)cc1)C(=O)CN(c1ccc(CC)cc1)S(C)(=O)=O. The van der Waals surface area contributed by atoms with Crippen molar-refractivity contribution in [2.75, 3.05) is 23.7 Å². The van der Waals surface area contributed by atoms with Crippen molar-refractivity contribution in [2.24, 2.45) is 0 Å². The largest absolute Gasteiger partial charge is 0.354 e. The van der Waals surface area contributed by atoms with Gasteiger partial charge in [0.05, 0.1) is 11.9 Å². The summed E-state index contributed by atoms with van der Waals surface area (Å²) in [6, 6.07) is 14.2. The number of aryl methyl sites for hydroxylation is 2. The van der Waals surface area contributed by atoms with Crippen LogP contribution in [0.15, 0.2) is 48.5 Å². The number of amides is 2. The first kappa shape index (κ1) is 28.4. The number of hydrogen-bond donors (Lipinski definition) is 1. The molecule has 0 fully saturated rings. The van der Waals surface area contributed by atoms with Crippen LogP contribution in [0.4, 0.5) is 5.69 Å². The van der Waals surface area contributed by atoms with Gasteiger partial charge in [0.15, 0.2) is 0 Å². The lowest BCUT2D eigenvalue weighted by Gasteiger charge is -2.33.